The molecule has 1 N–H and O–H groups in total. The number of nitrogens with zero attached hydrogens (tertiary/aromatic N) is 1. The molecule has 96 valence electrons. The van der Waals surface area contributed by atoms with Crippen molar-refractivity contribution in [1.82, 2.24) is 4.98 Å². The van der Waals surface area contributed by atoms with Gasteiger partial charge in [-0.15, -0.1) is 11.3 Å². The molecule has 1 aromatic carbocycles. The Kier molecular flexibility index (Phi) is 3.61. The second kappa shape index (κ2) is 5.02. The van der Waals surface area contributed by atoms with Gasteiger partial charge in [0.25, 0.3) is 0 Å². The van der Waals surface area contributed by atoms with E-state index in [1.807, 2.05) is 13.8 Å². The highest BCUT2D eigenvalue weighted by molar-refractivity contribution is 7.11. The summed E-state index contributed by atoms with van der Waals surface area (Å²) >= 11 is 1.53. The first kappa shape index (κ1) is 13.0. The van der Waals surface area contributed by atoms with Crippen LogP contribution in [0, 0.1) is 32.4 Å². The van der Waals surface area contributed by atoms with E-state index in [1.54, 1.807) is 6.92 Å². The van der Waals surface area contributed by atoms with E-state index in [-0.39, 0.29) is 5.69 Å². The van der Waals surface area contributed by atoms with Gasteiger partial charge in [0.05, 0.1) is 17.2 Å². The average Bonchev–Trinajstić information content (AvgIpc) is 2.63. The topological polar surface area (TPSA) is 24.9 Å². The van der Waals surface area contributed by atoms with Gasteiger partial charge in [-0.05, 0) is 32.4 Å². The second-order valence-corrected chi connectivity index (χ2v) is 5.44. The standard InChI is InChI=1S/C13H14F2N2S/c1-7-4-5-10(14)13(12(7)15)16-6-11-8(2)17-9(3)18-11/h4-5,16H,6H2,1-3H3. The highest BCUT2D eigenvalue weighted by atomic mass is 32.1. The minimum atomic E-state index is -0.572. The third-order valence-electron chi connectivity index (χ3n) is 2.71. The molecular weight excluding hydrogens is 254 g/mol. The van der Waals surface area contributed by atoms with Crippen LogP contribution in [0.15, 0.2) is 12.1 Å². The number of halogens is 2. The van der Waals surface area contributed by atoms with E-state index < -0.39 is 11.6 Å². The summed E-state index contributed by atoms with van der Waals surface area (Å²) in [6, 6.07) is 2.70. The Labute approximate surface area is 109 Å². The SMILES string of the molecule is Cc1nc(C)c(CNc2c(F)ccc(C)c2F)s1. The Balaban J connectivity index is 2.20. The first-order valence-corrected chi connectivity index (χ1v) is 6.42. The Morgan fingerprint density at radius 3 is 2.56 bits per heavy atom. The van der Waals surface area contributed by atoms with E-state index in [9.17, 15) is 8.78 Å². The van der Waals surface area contributed by atoms with Gasteiger partial charge in [-0.2, -0.15) is 0 Å². The molecule has 18 heavy (non-hydrogen) atoms. The maximum atomic E-state index is 13.8. The summed E-state index contributed by atoms with van der Waals surface area (Å²) in [7, 11) is 0. The molecule has 0 unspecified atom stereocenters. The summed E-state index contributed by atoms with van der Waals surface area (Å²) in [5.74, 6) is -1.11. The van der Waals surface area contributed by atoms with Crippen LogP contribution in [-0.2, 0) is 6.54 Å². The van der Waals surface area contributed by atoms with Crippen molar-refractivity contribution in [2.75, 3.05) is 5.32 Å². The fourth-order valence-electron chi connectivity index (χ4n) is 1.72. The van der Waals surface area contributed by atoms with E-state index >= 15 is 0 Å². The van der Waals surface area contributed by atoms with Gasteiger partial charge in [0, 0.05) is 4.88 Å². The minimum Gasteiger partial charge on any atom is -0.375 e. The number of nitrogens with one attached hydrogen (secondary N) is 1. The molecule has 0 aliphatic rings. The van der Waals surface area contributed by atoms with E-state index in [0.717, 1.165) is 15.6 Å². The van der Waals surface area contributed by atoms with Crippen LogP contribution in [0.3, 0.4) is 0 Å². The molecule has 0 spiro atoms. The Bertz CT molecular complexity index is 579. The van der Waals surface area contributed by atoms with Crippen LogP contribution in [-0.4, -0.2) is 4.98 Å². The average molecular weight is 268 g/mol. The molecule has 5 heteroatoms. The van der Waals surface area contributed by atoms with Crippen LogP contribution in [0.1, 0.15) is 21.1 Å². The molecule has 1 heterocycles. The first-order valence-electron chi connectivity index (χ1n) is 5.60. The summed E-state index contributed by atoms with van der Waals surface area (Å²) in [5, 5.41) is 3.77. The molecule has 0 atom stereocenters. The summed E-state index contributed by atoms with van der Waals surface area (Å²) in [4.78, 5) is 5.27. The van der Waals surface area contributed by atoms with Crippen LogP contribution in [0.4, 0.5) is 14.5 Å². The van der Waals surface area contributed by atoms with Crippen molar-refractivity contribution in [3.8, 4) is 0 Å². The van der Waals surface area contributed by atoms with E-state index in [0.29, 0.717) is 12.1 Å². The predicted molar refractivity (Wildman–Crippen MR) is 70.0 cm³/mol. The van der Waals surface area contributed by atoms with Crippen LogP contribution < -0.4 is 5.32 Å². The number of anilines is 1. The first-order chi connectivity index (χ1) is 8.49. The van der Waals surface area contributed by atoms with Crippen LogP contribution in [0.25, 0.3) is 0 Å². The number of aromatic nitrogens is 1. The highest BCUT2D eigenvalue weighted by Gasteiger charge is 2.12. The quantitative estimate of drug-likeness (QED) is 0.911. The van der Waals surface area contributed by atoms with E-state index in [2.05, 4.69) is 10.3 Å². The van der Waals surface area contributed by atoms with Gasteiger partial charge in [-0.1, -0.05) is 6.07 Å². The molecule has 0 saturated carbocycles. The maximum absolute atomic E-state index is 13.8. The molecule has 0 bridgehead atoms. The normalized spacial score (nSPS) is 10.7. The third-order valence-corrected chi connectivity index (χ3v) is 3.78. The van der Waals surface area contributed by atoms with Gasteiger partial charge >= 0.3 is 0 Å². The van der Waals surface area contributed by atoms with Crippen molar-refractivity contribution in [3.05, 3.63) is 44.9 Å². The summed E-state index contributed by atoms with van der Waals surface area (Å²) < 4.78 is 27.3. The largest absolute Gasteiger partial charge is 0.375 e. The van der Waals surface area contributed by atoms with Gasteiger partial charge < -0.3 is 5.32 Å². The zero-order valence-electron chi connectivity index (χ0n) is 10.5. The lowest BCUT2D eigenvalue weighted by Gasteiger charge is -2.09. The van der Waals surface area contributed by atoms with Crippen molar-refractivity contribution >= 4 is 17.0 Å². The van der Waals surface area contributed by atoms with Crippen molar-refractivity contribution in [2.45, 2.75) is 27.3 Å². The maximum Gasteiger partial charge on any atom is 0.152 e. The number of rotatable bonds is 3. The van der Waals surface area contributed by atoms with E-state index in [4.69, 9.17) is 0 Å². The molecule has 0 aliphatic heterocycles. The summed E-state index contributed by atoms with van der Waals surface area (Å²) in [6.45, 7) is 5.80. The Hall–Kier alpha value is -1.49. The fraction of sp³-hybridized carbons (Fsp3) is 0.308. The molecule has 0 aliphatic carbocycles. The molecule has 2 rings (SSSR count). The second-order valence-electron chi connectivity index (χ2n) is 4.15. The molecule has 1 aromatic heterocycles. The number of hydrogen-bond donors (Lipinski definition) is 1. The third kappa shape index (κ3) is 2.51. The van der Waals surface area contributed by atoms with Crippen LogP contribution >= 0.6 is 11.3 Å². The van der Waals surface area contributed by atoms with Gasteiger partial charge in [-0.3, -0.25) is 0 Å². The summed E-state index contributed by atoms with van der Waals surface area (Å²) in [5.41, 5.74) is 1.26. The minimum absolute atomic E-state index is 0.0690. The number of hydrogen-bond acceptors (Lipinski definition) is 3. The zero-order valence-corrected chi connectivity index (χ0v) is 11.3. The van der Waals surface area contributed by atoms with Crippen LogP contribution in [0.5, 0.6) is 0 Å². The smallest absolute Gasteiger partial charge is 0.152 e. The molecule has 2 aromatic rings. The van der Waals surface area contributed by atoms with Gasteiger partial charge in [-0.25, -0.2) is 13.8 Å². The van der Waals surface area contributed by atoms with Crippen molar-refractivity contribution in [3.63, 3.8) is 0 Å². The fourth-order valence-corrected chi connectivity index (χ4v) is 2.60. The lowest BCUT2D eigenvalue weighted by molar-refractivity contribution is 0.582. The van der Waals surface area contributed by atoms with Gasteiger partial charge in [0.1, 0.15) is 11.5 Å². The molecule has 0 fully saturated rings. The van der Waals surface area contributed by atoms with Crippen molar-refractivity contribution < 1.29 is 8.78 Å². The lowest BCUT2D eigenvalue weighted by Crippen LogP contribution is -2.04. The molecule has 2 nitrogen and oxygen atoms in total. The molecule has 0 radical (unpaired) electrons. The van der Waals surface area contributed by atoms with Gasteiger partial charge in [0.15, 0.2) is 5.82 Å². The molecule has 0 amide bonds. The highest BCUT2D eigenvalue weighted by Crippen LogP contribution is 2.24. The molecular formula is C13H14F2N2S. The summed E-state index contributed by atoms with van der Waals surface area (Å²) in [6.07, 6.45) is 0. The number of aryl methyl sites for hydroxylation is 3. The zero-order chi connectivity index (χ0) is 13.3. The molecule has 0 saturated heterocycles. The van der Waals surface area contributed by atoms with Crippen molar-refractivity contribution in [1.29, 1.82) is 0 Å². The Morgan fingerprint density at radius 2 is 1.94 bits per heavy atom. The van der Waals surface area contributed by atoms with Gasteiger partial charge in [0.2, 0.25) is 0 Å². The lowest BCUT2D eigenvalue weighted by atomic mass is 10.2. The Morgan fingerprint density at radius 1 is 1.22 bits per heavy atom. The van der Waals surface area contributed by atoms with Crippen LogP contribution in [0.2, 0.25) is 0 Å². The number of thiazole rings is 1. The number of benzene rings is 1. The van der Waals surface area contributed by atoms with Crippen molar-refractivity contribution in [2.24, 2.45) is 0 Å². The van der Waals surface area contributed by atoms with E-state index in [1.165, 1.54) is 23.5 Å². The monoisotopic (exact) mass is 268 g/mol. The predicted octanol–water partition coefficient (Wildman–Crippen LogP) is 3.96.